The molecule has 0 radical (unpaired) electrons. The SMILES string of the molecule is NCCOS(=O)(=O)C(=O)c1ccc(CC(C(=O)Nc2ccc(-c3cc4ccccc4o3)cc2)c2ccc(C3=CCCCC3)cc2)cc1. The number of allylic oxidation sites excluding steroid dienone is 2. The zero-order valence-electron chi connectivity index (χ0n) is 25.9. The van der Waals surface area contributed by atoms with Gasteiger partial charge in [0, 0.05) is 28.7 Å². The minimum absolute atomic E-state index is 0.0265. The lowest BCUT2D eigenvalue weighted by Gasteiger charge is -2.19. The molecule has 1 unspecified atom stereocenters. The quantitative estimate of drug-likeness (QED) is 0.142. The van der Waals surface area contributed by atoms with E-state index in [1.54, 1.807) is 12.1 Å². The lowest BCUT2D eigenvalue weighted by Crippen LogP contribution is -2.23. The second-order valence-electron chi connectivity index (χ2n) is 11.6. The number of benzene rings is 4. The number of rotatable bonds is 11. The van der Waals surface area contributed by atoms with Crippen molar-refractivity contribution in [3.05, 3.63) is 131 Å². The summed E-state index contributed by atoms with van der Waals surface area (Å²) in [6.45, 7) is -0.305. The number of carbonyl (C=O) groups is 2. The molecule has 0 saturated heterocycles. The highest BCUT2D eigenvalue weighted by molar-refractivity contribution is 8.02. The summed E-state index contributed by atoms with van der Waals surface area (Å²) in [5, 5.41) is 2.96. The van der Waals surface area contributed by atoms with Crippen molar-refractivity contribution >= 4 is 43.4 Å². The lowest BCUT2D eigenvalue weighted by molar-refractivity contribution is -0.117. The van der Waals surface area contributed by atoms with Gasteiger partial charge in [0.25, 0.3) is 0 Å². The van der Waals surface area contributed by atoms with Gasteiger partial charge >= 0.3 is 15.2 Å². The number of hydrogen-bond acceptors (Lipinski definition) is 7. The fourth-order valence-corrected chi connectivity index (χ4v) is 6.68. The lowest BCUT2D eigenvalue weighted by atomic mass is 9.88. The first-order valence-electron chi connectivity index (χ1n) is 15.7. The second kappa shape index (κ2) is 14.3. The second-order valence-corrected chi connectivity index (χ2v) is 13.1. The molecule has 9 heteroatoms. The van der Waals surface area contributed by atoms with Crippen LogP contribution in [0, 0.1) is 0 Å². The minimum atomic E-state index is -4.44. The van der Waals surface area contributed by atoms with Crippen molar-refractivity contribution in [2.24, 2.45) is 5.73 Å². The highest BCUT2D eigenvalue weighted by Gasteiger charge is 2.26. The Morgan fingerprint density at radius 2 is 1.60 bits per heavy atom. The molecule has 3 N–H and O–H groups in total. The van der Waals surface area contributed by atoms with E-state index in [1.807, 2.05) is 66.7 Å². The molecule has 0 fully saturated rings. The summed E-state index contributed by atoms with van der Waals surface area (Å²) in [6, 6.07) is 31.7. The third-order valence-electron chi connectivity index (χ3n) is 8.37. The van der Waals surface area contributed by atoms with E-state index in [-0.39, 0.29) is 24.6 Å². The molecule has 240 valence electrons. The first kappa shape index (κ1) is 32.1. The number of carbonyl (C=O) groups excluding carboxylic acids is 2. The molecule has 1 aromatic heterocycles. The minimum Gasteiger partial charge on any atom is -0.456 e. The highest BCUT2D eigenvalue weighted by atomic mass is 32.2. The van der Waals surface area contributed by atoms with Crippen molar-refractivity contribution in [2.75, 3.05) is 18.5 Å². The molecule has 8 nitrogen and oxygen atoms in total. The van der Waals surface area contributed by atoms with Crippen LogP contribution < -0.4 is 11.1 Å². The van der Waals surface area contributed by atoms with Crippen molar-refractivity contribution in [1.82, 2.24) is 0 Å². The van der Waals surface area contributed by atoms with E-state index in [9.17, 15) is 18.0 Å². The standard InChI is InChI=1S/C38H36N2O6S/c39-22-23-45-47(43,44)38(42)31-12-10-26(11-13-31)24-34(29-16-14-28(15-17-29)27-6-2-1-3-7-27)37(41)40-33-20-18-30(19-21-33)36-25-32-8-4-5-9-35(32)46-36/h4-6,8-21,25,34H,1-3,7,22-24,39H2,(H,40,41). The molecule has 5 aromatic rings. The van der Waals surface area contributed by atoms with Gasteiger partial charge in [-0.2, -0.15) is 8.42 Å². The van der Waals surface area contributed by atoms with Crippen LogP contribution >= 0.6 is 0 Å². The molecule has 0 saturated carbocycles. The summed E-state index contributed by atoms with van der Waals surface area (Å²) in [7, 11) is -4.44. The maximum Gasteiger partial charge on any atom is 0.336 e. The van der Waals surface area contributed by atoms with E-state index in [4.69, 9.17) is 10.2 Å². The Balaban J connectivity index is 1.22. The van der Waals surface area contributed by atoms with Gasteiger partial charge < -0.3 is 15.5 Å². The number of fused-ring (bicyclic) bond motifs is 1. The van der Waals surface area contributed by atoms with Crippen molar-refractivity contribution < 1.29 is 26.6 Å². The van der Waals surface area contributed by atoms with Gasteiger partial charge in [-0.05, 0) is 103 Å². The van der Waals surface area contributed by atoms with E-state index in [2.05, 4.69) is 27.7 Å². The Kier molecular flexibility index (Phi) is 9.77. The molecule has 1 atom stereocenters. The van der Waals surface area contributed by atoms with E-state index in [0.29, 0.717) is 12.1 Å². The number of nitrogens with one attached hydrogen (secondary N) is 1. The summed E-state index contributed by atoms with van der Waals surface area (Å²) in [5.41, 5.74) is 11.7. The van der Waals surface area contributed by atoms with E-state index in [0.717, 1.165) is 51.8 Å². The summed E-state index contributed by atoms with van der Waals surface area (Å²) < 4.78 is 35.1. The topological polar surface area (TPSA) is 129 Å². The van der Waals surface area contributed by atoms with Gasteiger partial charge in [0.05, 0.1) is 12.5 Å². The maximum atomic E-state index is 13.9. The maximum absolute atomic E-state index is 13.9. The van der Waals surface area contributed by atoms with E-state index < -0.39 is 21.2 Å². The average Bonchev–Trinajstić information content (AvgIpc) is 3.55. The van der Waals surface area contributed by atoms with E-state index >= 15 is 0 Å². The van der Waals surface area contributed by atoms with Crippen LogP contribution in [0.2, 0.25) is 0 Å². The average molecular weight is 649 g/mol. The summed E-state index contributed by atoms with van der Waals surface area (Å²) >= 11 is 0. The van der Waals surface area contributed by atoms with Crippen molar-refractivity contribution in [2.45, 2.75) is 38.0 Å². The molecule has 6 rings (SSSR count). The third-order valence-corrected chi connectivity index (χ3v) is 9.53. The number of furan rings is 1. The van der Waals surface area contributed by atoms with Gasteiger partial charge in [-0.25, -0.2) is 0 Å². The Hall–Kier alpha value is -4.83. The number of anilines is 1. The molecule has 1 heterocycles. The Morgan fingerprint density at radius 3 is 2.28 bits per heavy atom. The first-order chi connectivity index (χ1) is 22.8. The molecule has 0 aliphatic heterocycles. The number of hydrogen-bond donors (Lipinski definition) is 2. The number of nitrogens with two attached hydrogens (primary N) is 1. The van der Waals surface area contributed by atoms with Crippen LogP contribution in [0.5, 0.6) is 0 Å². The molecule has 1 aliphatic rings. The third kappa shape index (κ3) is 7.60. The predicted molar refractivity (Wildman–Crippen MR) is 184 cm³/mol. The van der Waals surface area contributed by atoms with Crippen LogP contribution in [-0.4, -0.2) is 32.6 Å². The summed E-state index contributed by atoms with van der Waals surface area (Å²) in [5.74, 6) is -0.00237. The molecule has 1 aliphatic carbocycles. The predicted octanol–water partition coefficient (Wildman–Crippen LogP) is 7.47. The van der Waals surface area contributed by atoms with Gasteiger partial charge in [0.1, 0.15) is 11.3 Å². The molecule has 4 aromatic carbocycles. The normalized spacial score (nSPS) is 14.0. The van der Waals surface area contributed by atoms with Crippen LogP contribution in [0.3, 0.4) is 0 Å². The van der Waals surface area contributed by atoms with Crippen molar-refractivity contribution in [3.63, 3.8) is 0 Å². The summed E-state index contributed by atoms with van der Waals surface area (Å²) in [4.78, 5) is 26.4. The van der Waals surface area contributed by atoms with Crippen molar-refractivity contribution in [1.29, 1.82) is 0 Å². The van der Waals surface area contributed by atoms with Crippen LogP contribution in [-0.2, 0) is 25.5 Å². The highest BCUT2D eigenvalue weighted by Crippen LogP contribution is 2.31. The van der Waals surface area contributed by atoms with Gasteiger partial charge in [0.2, 0.25) is 5.91 Å². The Labute approximate surface area is 274 Å². The van der Waals surface area contributed by atoms with Gasteiger partial charge in [-0.3, -0.25) is 13.8 Å². The smallest absolute Gasteiger partial charge is 0.336 e. The van der Waals surface area contributed by atoms with Gasteiger partial charge in [0.15, 0.2) is 0 Å². The first-order valence-corrected chi connectivity index (χ1v) is 17.1. The fraction of sp³-hybridized carbons (Fsp3) is 0.211. The monoisotopic (exact) mass is 648 g/mol. The van der Waals surface area contributed by atoms with Crippen LogP contribution in [0.1, 0.15) is 58.6 Å². The molecule has 0 spiro atoms. The Morgan fingerprint density at radius 1 is 0.872 bits per heavy atom. The van der Waals surface area contributed by atoms with Crippen LogP contribution in [0.15, 0.2) is 114 Å². The number of amides is 1. The zero-order valence-corrected chi connectivity index (χ0v) is 26.7. The molecular formula is C38H36N2O6S. The van der Waals surface area contributed by atoms with Gasteiger partial charge in [-0.1, -0.05) is 60.7 Å². The molecular weight excluding hydrogens is 612 g/mol. The Bertz CT molecular complexity index is 1980. The van der Waals surface area contributed by atoms with E-state index in [1.165, 1.54) is 30.5 Å². The molecule has 47 heavy (non-hydrogen) atoms. The molecule has 0 bridgehead atoms. The summed E-state index contributed by atoms with van der Waals surface area (Å²) in [6.07, 6.45) is 7.13. The van der Waals surface area contributed by atoms with Gasteiger partial charge in [-0.15, -0.1) is 0 Å². The largest absolute Gasteiger partial charge is 0.456 e. The van der Waals surface area contributed by atoms with Crippen LogP contribution in [0.25, 0.3) is 27.9 Å². The zero-order chi connectivity index (χ0) is 32.8. The van der Waals surface area contributed by atoms with Crippen LogP contribution in [0.4, 0.5) is 5.69 Å². The number of para-hydroxylation sites is 1. The fourth-order valence-electron chi connectivity index (χ4n) is 5.83. The molecule has 1 amide bonds. The van der Waals surface area contributed by atoms with Crippen molar-refractivity contribution in [3.8, 4) is 11.3 Å².